The molecule has 1 aromatic heterocycles. The summed E-state index contributed by atoms with van der Waals surface area (Å²) in [5.74, 6) is -0.982. The molecule has 9 nitrogen and oxygen atoms in total. The van der Waals surface area contributed by atoms with Gasteiger partial charge in [0.15, 0.2) is 0 Å². The molecule has 1 fully saturated rings. The lowest BCUT2D eigenvalue weighted by Gasteiger charge is -2.31. The topological polar surface area (TPSA) is 116 Å². The van der Waals surface area contributed by atoms with Gasteiger partial charge in [-0.1, -0.05) is 12.6 Å². The first kappa shape index (κ1) is 25.4. The molecule has 0 aliphatic carbocycles. The van der Waals surface area contributed by atoms with Crippen molar-refractivity contribution >= 4 is 39.1 Å². The normalized spacial score (nSPS) is 17.1. The second-order valence-corrected chi connectivity index (χ2v) is 9.74. The van der Waals surface area contributed by atoms with Gasteiger partial charge in [-0.3, -0.25) is 4.79 Å². The van der Waals surface area contributed by atoms with Crippen molar-refractivity contribution < 1.29 is 26.4 Å². The number of benzene rings is 1. The number of alkyl halides is 3. The van der Waals surface area contributed by atoms with Crippen molar-refractivity contribution in [3.8, 4) is 0 Å². The second kappa shape index (κ2) is 9.97. The monoisotopic (exact) mass is 498 g/mol. The molecular weight excluding hydrogens is 473 g/mol. The number of halogens is 3. The second-order valence-electron chi connectivity index (χ2n) is 7.86. The van der Waals surface area contributed by atoms with Gasteiger partial charge in [0.1, 0.15) is 11.4 Å². The number of nitrogens with one attached hydrogen (secondary N) is 3. The van der Waals surface area contributed by atoms with Gasteiger partial charge in [-0.25, -0.2) is 13.4 Å². The number of amides is 1. The predicted octanol–water partition coefficient (Wildman–Crippen LogP) is 3.86. The summed E-state index contributed by atoms with van der Waals surface area (Å²) in [5.41, 5.74) is 0.224. The lowest BCUT2D eigenvalue weighted by molar-refractivity contribution is -0.137. The van der Waals surface area contributed by atoms with E-state index < -0.39 is 33.6 Å². The molecule has 1 aliphatic rings. The maximum Gasteiger partial charge on any atom is 0.421 e. The van der Waals surface area contributed by atoms with E-state index in [2.05, 4.69) is 32.5 Å². The highest BCUT2D eigenvalue weighted by molar-refractivity contribution is 7.92. The molecule has 2 aromatic rings. The van der Waals surface area contributed by atoms with Gasteiger partial charge in [-0.2, -0.15) is 22.5 Å². The zero-order valence-corrected chi connectivity index (χ0v) is 19.4. The van der Waals surface area contributed by atoms with Gasteiger partial charge in [0.2, 0.25) is 21.9 Å². The van der Waals surface area contributed by atoms with Crippen LogP contribution in [0.15, 0.2) is 36.4 Å². The van der Waals surface area contributed by atoms with Crippen LogP contribution in [0.25, 0.3) is 0 Å². The molecule has 13 heteroatoms. The summed E-state index contributed by atoms with van der Waals surface area (Å²) >= 11 is 0. The number of rotatable bonds is 7. The van der Waals surface area contributed by atoms with E-state index in [9.17, 15) is 26.4 Å². The average Bonchev–Trinajstić information content (AvgIpc) is 2.75. The first-order valence-electron chi connectivity index (χ1n) is 10.4. The number of piperidine rings is 1. The van der Waals surface area contributed by atoms with Crippen LogP contribution in [0.2, 0.25) is 0 Å². The molecule has 0 radical (unpaired) electrons. The van der Waals surface area contributed by atoms with Crippen LogP contribution in [0, 0.1) is 6.92 Å². The van der Waals surface area contributed by atoms with Crippen molar-refractivity contribution in [1.82, 2.24) is 14.3 Å². The Hall–Kier alpha value is -3.19. The Kier molecular flexibility index (Phi) is 7.46. The Labute approximate surface area is 195 Å². The highest BCUT2D eigenvalue weighted by atomic mass is 32.2. The number of hydrogen-bond donors (Lipinski definition) is 3. The van der Waals surface area contributed by atoms with Crippen LogP contribution >= 0.6 is 0 Å². The first-order valence-corrected chi connectivity index (χ1v) is 11.9. The zero-order chi connectivity index (χ0) is 25.1. The van der Waals surface area contributed by atoms with Gasteiger partial charge in [-0.15, -0.1) is 0 Å². The summed E-state index contributed by atoms with van der Waals surface area (Å²) in [7, 11) is -3.62. The third kappa shape index (κ3) is 6.23. The third-order valence-electron chi connectivity index (χ3n) is 5.12. The molecule has 2 heterocycles. The molecule has 1 aromatic carbocycles. The molecule has 1 aliphatic heterocycles. The summed E-state index contributed by atoms with van der Waals surface area (Å²) in [4.78, 5) is 19.4. The standard InChI is InChI=1S/C21H25F3N6O3S/c1-4-34(32,33)30-9-5-6-15(12-30)27-20-25-11-16(21(22,23)24)19(29-20)28-17-8-7-13(2)10-18(17)26-14(3)31/h4,7-8,10-11,15H,1,5-6,9,12H2,2-3H3,(H,26,31)(H2,25,27,28,29)/t15-/m0/s1. The quantitative estimate of drug-likeness (QED) is 0.531. The number of sulfonamides is 1. The smallest absolute Gasteiger partial charge is 0.350 e. The van der Waals surface area contributed by atoms with Gasteiger partial charge in [0, 0.05) is 37.7 Å². The third-order valence-corrected chi connectivity index (χ3v) is 6.59. The minimum absolute atomic E-state index is 0.0912. The number of nitrogens with zero attached hydrogens (tertiary/aromatic N) is 3. The fraction of sp³-hybridized carbons (Fsp3) is 0.381. The highest BCUT2D eigenvalue weighted by Crippen LogP contribution is 2.36. The van der Waals surface area contributed by atoms with Crippen molar-refractivity contribution in [3.05, 3.63) is 47.5 Å². The fourth-order valence-corrected chi connectivity index (χ4v) is 4.50. The molecular formula is C21H25F3N6O3S. The molecule has 184 valence electrons. The summed E-state index contributed by atoms with van der Waals surface area (Å²) in [6, 6.07) is 4.43. The van der Waals surface area contributed by atoms with E-state index in [0.29, 0.717) is 31.3 Å². The summed E-state index contributed by atoms with van der Waals surface area (Å²) < 4.78 is 66.3. The predicted molar refractivity (Wildman–Crippen MR) is 123 cm³/mol. The van der Waals surface area contributed by atoms with Crippen LogP contribution in [-0.4, -0.2) is 47.7 Å². The van der Waals surface area contributed by atoms with Crippen molar-refractivity contribution in [2.45, 2.75) is 38.9 Å². The number of carbonyl (C=O) groups is 1. The van der Waals surface area contributed by atoms with Crippen LogP contribution in [0.3, 0.4) is 0 Å². The van der Waals surface area contributed by atoms with E-state index in [0.717, 1.165) is 11.0 Å². The summed E-state index contributed by atoms with van der Waals surface area (Å²) in [6.07, 6.45) is -2.94. The lowest BCUT2D eigenvalue weighted by atomic mass is 10.1. The van der Waals surface area contributed by atoms with Crippen LogP contribution < -0.4 is 16.0 Å². The Balaban J connectivity index is 1.91. The Bertz CT molecular complexity index is 1190. The van der Waals surface area contributed by atoms with Crippen molar-refractivity contribution in [2.24, 2.45) is 0 Å². The van der Waals surface area contributed by atoms with E-state index in [1.807, 2.05) is 0 Å². The molecule has 0 unspecified atom stereocenters. The number of anilines is 4. The fourth-order valence-electron chi connectivity index (χ4n) is 3.52. The van der Waals surface area contributed by atoms with E-state index in [-0.39, 0.29) is 24.1 Å². The molecule has 1 atom stereocenters. The van der Waals surface area contributed by atoms with Crippen LogP contribution in [0.5, 0.6) is 0 Å². The van der Waals surface area contributed by atoms with Crippen molar-refractivity contribution in [3.63, 3.8) is 0 Å². The molecule has 34 heavy (non-hydrogen) atoms. The summed E-state index contributed by atoms with van der Waals surface area (Å²) in [5, 5.41) is 9.03. The van der Waals surface area contributed by atoms with Gasteiger partial charge >= 0.3 is 6.18 Å². The number of hydrogen-bond acceptors (Lipinski definition) is 7. The van der Waals surface area contributed by atoms with Crippen molar-refractivity contribution in [1.29, 1.82) is 0 Å². The SMILES string of the molecule is C=CS(=O)(=O)N1CCC[C@H](Nc2ncc(C(F)(F)F)c(Nc3ccc(C)cc3NC(C)=O)n2)C1. The number of aryl methyl sites for hydroxylation is 1. The van der Waals surface area contributed by atoms with E-state index in [1.54, 1.807) is 19.1 Å². The first-order chi connectivity index (χ1) is 15.9. The van der Waals surface area contributed by atoms with E-state index in [1.165, 1.54) is 17.3 Å². The molecule has 1 saturated heterocycles. The maximum atomic E-state index is 13.6. The van der Waals surface area contributed by atoms with Gasteiger partial charge in [0.05, 0.1) is 11.4 Å². The molecule has 1 amide bonds. The highest BCUT2D eigenvalue weighted by Gasteiger charge is 2.36. The van der Waals surface area contributed by atoms with Crippen LogP contribution in [0.1, 0.15) is 30.9 Å². The lowest BCUT2D eigenvalue weighted by Crippen LogP contribution is -2.44. The largest absolute Gasteiger partial charge is 0.421 e. The molecule has 0 saturated carbocycles. The minimum atomic E-state index is -4.74. The van der Waals surface area contributed by atoms with Crippen molar-refractivity contribution in [2.75, 3.05) is 29.0 Å². The maximum absolute atomic E-state index is 13.6. The minimum Gasteiger partial charge on any atom is -0.350 e. The van der Waals surface area contributed by atoms with Crippen LogP contribution in [0.4, 0.5) is 36.3 Å². The average molecular weight is 499 g/mol. The number of carbonyl (C=O) groups excluding carboxylic acids is 1. The van der Waals surface area contributed by atoms with E-state index >= 15 is 0 Å². The number of aromatic nitrogens is 2. The molecule has 3 rings (SSSR count). The molecule has 0 bridgehead atoms. The molecule has 0 spiro atoms. The van der Waals surface area contributed by atoms with Crippen LogP contribution in [-0.2, 0) is 21.0 Å². The Morgan fingerprint density at radius 3 is 2.68 bits per heavy atom. The van der Waals surface area contributed by atoms with E-state index in [4.69, 9.17) is 0 Å². The Morgan fingerprint density at radius 1 is 1.29 bits per heavy atom. The van der Waals surface area contributed by atoms with Gasteiger partial charge in [0.25, 0.3) is 0 Å². The van der Waals surface area contributed by atoms with Gasteiger partial charge < -0.3 is 16.0 Å². The molecule has 3 N–H and O–H groups in total. The van der Waals surface area contributed by atoms with Gasteiger partial charge in [-0.05, 0) is 37.5 Å². The Morgan fingerprint density at radius 2 is 2.03 bits per heavy atom. The zero-order valence-electron chi connectivity index (χ0n) is 18.6. The summed E-state index contributed by atoms with van der Waals surface area (Å²) in [6.45, 7) is 6.82.